The second kappa shape index (κ2) is 8.28. The Morgan fingerprint density at radius 1 is 1.09 bits per heavy atom. The van der Waals surface area contributed by atoms with Gasteiger partial charge in [-0.05, 0) is 48.2 Å². The fourth-order valence-corrected chi connectivity index (χ4v) is 5.36. The van der Waals surface area contributed by atoms with E-state index in [9.17, 15) is 4.79 Å². The summed E-state index contributed by atoms with van der Waals surface area (Å²) in [5.41, 5.74) is 4.01. The van der Waals surface area contributed by atoms with Crippen LogP contribution in [-0.2, 0) is 12.0 Å². The smallest absolute Gasteiger partial charge is 0.449 e. The number of carbonyl (C=O) groups is 1. The maximum Gasteiger partial charge on any atom is 0.512 e. The van der Waals surface area contributed by atoms with Crippen molar-refractivity contribution in [2.24, 2.45) is 0 Å². The van der Waals surface area contributed by atoms with Crippen molar-refractivity contribution in [2.75, 3.05) is 0 Å². The lowest BCUT2D eigenvalue weighted by Gasteiger charge is -2.14. The Kier molecular flexibility index (Phi) is 5.07. The molecule has 0 radical (unpaired) electrons. The van der Waals surface area contributed by atoms with E-state index >= 15 is 4.39 Å². The summed E-state index contributed by atoms with van der Waals surface area (Å²) in [5, 5.41) is 13.4. The topological polar surface area (TPSA) is 90.1 Å². The molecule has 1 fully saturated rings. The number of carboxylic acid groups (broad SMARTS) is 1. The Labute approximate surface area is 203 Å². The first-order valence-corrected chi connectivity index (χ1v) is 11.9. The maximum atomic E-state index is 15.1. The van der Waals surface area contributed by atoms with Gasteiger partial charge in [-0.2, -0.15) is 5.10 Å². The molecule has 0 bridgehead atoms. The molecule has 0 amide bonds. The second-order valence-electron chi connectivity index (χ2n) is 8.50. The third-order valence-corrected chi connectivity index (χ3v) is 7.29. The van der Waals surface area contributed by atoms with Crippen molar-refractivity contribution >= 4 is 27.8 Å². The fourth-order valence-electron chi connectivity index (χ4n) is 4.39. The van der Waals surface area contributed by atoms with Crippen LogP contribution >= 0.6 is 11.3 Å². The number of aromatic nitrogens is 4. The number of rotatable bonds is 6. The number of hydrogen-bond acceptors (Lipinski definition) is 6. The summed E-state index contributed by atoms with van der Waals surface area (Å²) >= 11 is 1.37. The molecule has 0 spiro atoms. The summed E-state index contributed by atoms with van der Waals surface area (Å²) in [4.78, 5) is 21.2. The summed E-state index contributed by atoms with van der Waals surface area (Å²) in [5.74, 6) is -0.350. The van der Waals surface area contributed by atoms with Crippen LogP contribution < -0.4 is 4.74 Å². The predicted molar refractivity (Wildman–Crippen MR) is 129 cm³/mol. The fraction of sp³-hybridized carbons (Fsp3) is 0.154. The normalized spacial score (nSPS) is 14.2. The van der Waals surface area contributed by atoms with Crippen molar-refractivity contribution in [1.29, 1.82) is 0 Å². The molecule has 1 aliphatic carbocycles. The van der Waals surface area contributed by atoms with Gasteiger partial charge < -0.3 is 9.84 Å². The Bertz CT molecular complexity index is 1560. The lowest BCUT2D eigenvalue weighted by molar-refractivity contribution is 0.140. The van der Waals surface area contributed by atoms with Crippen LogP contribution in [0, 0.1) is 5.82 Å². The minimum atomic E-state index is -1.43. The molecule has 0 atom stereocenters. The average molecular weight is 487 g/mol. The van der Waals surface area contributed by atoms with Gasteiger partial charge in [0.1, 0.15) is 21.2 Å². The molecule has 1 saturated carbocycles. The molecule has 0 saturated heterocycles. The highest BCUT2D eigenvalue weighted by Gasteiger charge is 2.47. The number of hydrogen-bond donors (Lipinski definition) is 1. The van der Waals surface area contributed by atoms with Gasteiger partial charge in [0.05, 0.1) is 18.4 Å². The monoisotopic (exact) mass is 486 g/mol. The molecular weight excluding hydrogens is 467 g/mol. The Balaban J connectivity index is 1.28. The van der Waals surface area contributed by atoms with E-state index in [2.05, 4.69) is 39.1 Å². The molecule has 6 rings (SSSR count). The number of fused-ring (bicyclic) bond motifs is 1. The molecule has 9 heteroatoms. The first kappa shape index (κ1) is 21.4. The molecular formula is C26H19FN4O3S. The number of ether oxygens (including phenoxy) is 1. The first-order valence-electron chi connectivity index (χ1n) is 11.1. The minimum Gasteiger partial charge on any atom is -0.449 e. The van der Waals surface area contributed by atoms with Gasteiger partial charge in [-0.15, -0.1) is 0 Å². The summed E-state index contributed by atoms with van der Waals surface area (Å²) in [6, 6.07) is 20.7. The van der Waals surface area contributed by atoms with Crippen LogP contribution in [0.2, 0.25) is 0 Å². The van der Waals surface area contributed by atoms with Gasteiger partial charge in [0.15, 0.2) is 0 Å². The highest BCUT2D eigenvalue weighted by molar-refractivity contribution is 7.21. The Morgan fingerprint density at radius 2 is 1.91 bits per heavy atom. The zero-order valence-corrected chi connectivity index (χ0v) is 19.2. The van der Waals surface area contributed by atoms with E-state index in [0.717, 1.165) is 28.9 Å². The van der Waals surface area contributed by atoms with Crippen LogP contribution in [0.1, 0.15) is 29.7 Å². The number of pyridine rings is 1. The Hall–Kier alpha value is -4.11. The quantitative estimate of drug-likeness (QED) is 0.302. The molecule has 0 aliphatic heterocycles. The van der Waals surface area contributed by atoms with Crippen LogP contribution in [0.15, 0.2) is 72.9 Å². The zero-order valence-electron chi connectivity index (χ0n) is 18.4. The van der Waals surface area contributed by atoms with Crippen molar-refractivity contribution < 1.29 is 19.0 Å². The van der Waals surface area contributed by atoms with Gasteiger partial charge in [0.25, 0.3) is 0 Å². The third kappa shape index (κ3) is 3.93. The van der Waals surface area contributed by atoms with E-state index in [1.807, 2.05) is 18.2 Å². The van der Waals surface area contributed by atoms with Gasteiger partial charge in [-0.3, -0.25) is 0 Å². The molecule has 2 aromatic carbocycles. The highest BCUT2D eigenvalue weighted by atomic mass is 32.1. The summed E-state index contributed by atoms with van der Waals surface area (Å²) in [6.45, 7) is 0.166. The molecule has 7 nitrogen and oxygen atoms in total. The molecule has 5 aromatic rings. The number of benzene rings is 2. The SMILES string of the molecule is O=C(O)Oc1ccnn1Cc1ccc(-c2nc3ccc(C4(c5ccccc5)CC4)nc3s2)c(F)c1. The van der Waals surface area contributed by atoms with E-state index in [4.69, 9.17) is 10.1 Å². The van der Waals surface area contributed by atoms with E-state index < -0.39 is 12.0 Å². The van der Waals surface area contributed by atoms with Crippen molar-refractivity contribution in [3.63, 3.8) is 0 Å². The second-order valence-corrected chi connectivity index (χ2v) is 9.47. The molecule has 174 valence electrons. The van der Waals surface area contributed by atoms with Crippen LogP contribution in [-0.4, -0.2) is 31.0 Å². The van der Waals surface area contributed by atoms with E-state index in [0.29, 0.717) is 16.1 Å². The lowest BCUT2D eigenvalue weighted by atomic mass is 9.92. The van der Waals surface area contributed by atoms with Crippen LogP contribution in [0.25, 0.3) is 20.9 Å². The molecule has 0 unspecified atom stereocenters. The number of halogens is 1. The minimum absolute atomic E-state index is 0.0395. The van der Waals surface area contributed by atoms with Crippen molar-refractivity contribution in [3.8, 4) is 16.5 Å². The summed E-state index contributed by atoms with van der Waals surface area (Å²) < 4.78 is 21.1. The van der Waals surface area contributed by atoms with E-state index in [1.165, 1.54) is 39.9 Å². The Morgan fingerprint density at radius 3 is 2.66 bits per heavy atom. The van der Waals surface area contributed by atoms with Gasteiger partial charge in [-0.25, -0.2) is 23.8 Å². The molecule has 1 N–H and O–H groups in total. The zero-order chi connectivity index (χ0) is 24.0. The first-order chi connectivity index (χ1) is 17.0. The van der Waals surface area contributed by atoms with Crippen LogP contribution in [0.3, 0.4) is 0 Å². The van der Waals surface area contributed by atoms with Crippen molar-refractivity contribution in [1.82, 2.24) is 19.7 Å². The molecule has 3 aromatic heterocycles. The van der Waals surface area contributed by atoms with E-state index in [1.54, 1.807) is 12.1 Å². The van der Waals surface area contributed by atoms with Crippen molar-refractivity contribution in [3.05, 3.63) is 95.6 Å². The van der Waals surface area contributed by atoms with Gasteiger partial charge in [0.2, 0.25) is 5.88 Å². The van der Waals surface area contributed by atoms with Gasteiger partial charge >= 0.3 is 6.16 Å². The van der Waals surface area contributed by atoms with Gasteiger partial charge in [0, 0.05) is 17.0 Å². The maximum absolute atomic E-state index is 15.1. The summed E-state index contributed by atoms with van der Waals surface area (Å²) in [6.07, 6.45) is 2.12. The average Bonchev–Trinajstić information content (AvgIpc) is 3.39. The standard InChI is InChI=1S/C26H19FN4O3S/c27-19-14-16(15-31-22(10-13-28-31)34-25(32)33)6-7-18(19)23-29-20-8-9-21(30-24(20)35-23)26(11-12-26)17-4-2-1-3-5-17/h1-10,13-14H,11-12,15H2,(H,32,33). The van der Waals surface area contributed by atoms with Crippen molar-refractivity contribution in [2.45, 2.75) is 24.8 Å². The number of thiazole rings is 1. The lowest BCUT2D eigenvalue weighted by Crippen LogP contribution is -2.10. The molecule has 35 heavy (non-hydrogen) atoms. The third-order valence-electron chi connectivity index (χ3n) is 6.29. The predicted octanol–water partition coefficient (Wildman–Crippen LogP) is 5.88. The van der Waals surface area contributed by atoms with Crippen LogP contribution in [0.5, 0.6) is 5.88 Å². The van der Waals surface area contributed by atoms with Gasteiger partial charge in [-0.1, -0.05) is 47.7 Å². The number of nitrogens with zero attached hydrogens (tertiary/aromatic N) is 4. The molecule has 1 aliphatic rings. The highest BCUT2D eigenvalue weighted by Crippen LogP contribution is 2.53. The molecule has 3 heterocycles. The van der Waals surface area contributed by atoms with Crippen LogP contribution in [0.4, 0.5) is 9.18 Å². The summed E-state index contributed by atoms with van der Waals surface area (Å²) in [7, 11) is 0. The largest absolute Gasteiger partial charge is 0.512 e. The van der Waals surface area contributed by atoms with E-state index in [-0.39, 0.29) is 17.8 Å².